The molecule has 2 N–H and O–H groups in total. The minimum Gasteiger partial charge on any atom is -0.494 e. The van der Waals surface area contributed by atoms with Gasteiger partial charge in [-0.2, -0.15) is 0 Å². The van der Waals surface area contributed by atoms with Crippen LogP contribution in [0.1, 0.15) is 81.3 Å². The molecule has 7 heteroatoms. The van der Waals surface area contributed by atoms with E-state index in [0.717, 1.165) is 53.0 Å². The number of nitrogens with zero attached hydrogens (tertiary/aromatic N) is 2. The topological polar surface area (TPSA) is 101 Å². The third-order valence-corrected chi connectivity index (χ3v) is 7.56. The van der Waals surface area contributed by atoms with Crippen LogP contribution < -0.4 is 10.1 Å². The Hall–Kier alpha value is -4.52. The van der Waals surface area contributed by atoms with Gasteiger partial charge in [-0.3, -0.25) is 4.79 Å². The largest absolute Gasteiger partial charge is 0.494 e. The molecule has 0 aliphatic carbocycles. The predicted octanol–water partition coefficient (Wildman–Crippen LogP) is 8.17. The Labute approximate surface area is 267 Å². The van der Waals surface area contributed by atoms with Crippen LogP contribution in [0.15, 0.2) is 85.2 Å². The zero-order valence-corrected chi connectivity index (χ0v) is 26.9. The molecule has 3 aromatic carbocycles. The first kappa shape index (κ1) is 33.4. The predicted molar refractivity (Wildman–Crippen MR) is 179 cm³/mol. The Morgan fingerprint density at radius 2 is 1.38 bits per heavy atom. The molecule has 0 bridgehead atoms. The molecule has 0 aliphatic rings. The van der Waals surface area contributed by atoms with Crippen LogP contribution in [0, 0.1) is 5.41 Å². The average molecular weight is 608 g/mol. The Bertz CT molecular complexity index is 1510. The summed E-state index contributed by atoms with van der Waals surface area (Å²) in [5.41, 5.74) is 5.23. The Morgan fingerprint density at radius 3 is 1.98 bits per heavy atom. The molecule has 4 rings (SSSR count). The lowest BCUT2D eigenvalue weighted by Crippen LogP contribution is -2.42. The molecule has 45 heavy (non-hydrogen) atoms. The highest BCUT2D eigenvalue weighted by atomic mass is 16.5. The Kier molecular flexibility index (Phi) is 11.9. The van der Waals surface area contributed by atoms with Crippen molar-refractivity contribution in [2.75, 3.05) is 6.61 Å². The maximum Gasteiger partial charge on any atom is 0.326 e. The van der Waals surface area contributed by atoms with Gasteiger partial charge in [0.15, 0.2) is 5.82 Å². The fraction of sp³-hybridized carbons (Fsp3) is 0.368. The summed E-state index contributed by atoms with van der Waals surface area (Å²) in [6.45, 7) is 9.43. The van der Waals surface area contributed by atoms with Crippen LogP contribution in [0.25, 0.3) is 22.5 Å². The summed E-state index contributed by atoms with van der Waals surface area (Å²) in [7, 11) is 0. The molecule has 0 radical (unpaired) electrons. The summed E-state index contributed by atoms with van der Waals surface area (Å²) in [6, 6.07) is 21.7. The summed E-state index contributed by atoms with van der Waals surface area (Å²) in [5, 5.41) is 12.5. The van der Waals surface area contributed by atoms with Crippen LogP contribution in [0.5, 0.6) is 5.75 Å². The van der Waals surface area contributed by atoms with Crippen molar-refractivity contribution in [1.29, 1.82) is 0 Å². The number of aliphatic carboxylic acids is 1. The molecule has 0 saturated carbocycles. The SMILES string of the molecule is CCCCCCCOc1ccc(-c2cnc(-c3ccc(C[C@H](NC(=O)c4ccc(CC(C)(C)C)cc4)C(=O)O)cc3)nc2)cc1. The van der Waals surface area contributed by atoms with Crippen LogP contribution in [0.4, 0.5) is 0 Å². The zero-order chi connectivity index (χ0) is 32.2. The van der Waals surface area contributed by atoms with Gasteiger partial charge in [-0.15, -0.1) is 0 Å². The number of rotatable bonds is 15. The molecular weight excluding hydrogens is 562 g/mol. The van der Waals surface area contributed by atoms with Crippen molar-refractivity contribution >= 4 is 11.9 Å². The third kappa shape index (κ3) is 10.6. The highest BCUT2D eigenvalue weighted by molar-refractivity contribution is 5.96. The molecular formula is C38H45N3O4. The number of hydrogen-bond acceptors (Lipinski definition) is 5. The highest BCUT2D eigenvalue weighted by Crippen LogP contribution is 2.24. The van der Waals surface area contributed by atoms with Crippen molar-refractivity contribution in [2.24, 2.45) is 5.41 Å². The van der Waals surface area contributed by atoms with E-state index >= 15 is 0 Å². The van der Waals surface area contributed by atoms with Crippen molar-refractivity contribution in [2.45, 2.75) is 78.7 Å². The van der Waals surface area contributed by atoms with E-state index < -0.39 is 17.9 Å². The number of nitrogens with one attached hydrogen (secondary N) is 1. The van der Waals surface area contributed by atoms with Crippen LogP contribution in [-0.2, 0) is 17.6 Å². The van der Waals surface area contributed by atoms with Gasteiger partial charge in [0.25, 0.3) is 5.91 Å². The molecule has 0 unspecified atom stereocenters. The lowest BCUT2D eigenvalue weighted by atomic mass is 9.88. The Morgan fingerprint density at radius 1 is 0.778 bits per heavy atom. The van der Waals surface area contributed by atoms with Crippen molar-refractivity contribution in [3.05, 3.63) is 102 Å². The second-order valence-corrected chi connectivity index (χ2v) is 12.8. The summed E-state index contributed by atoms with van der Waals surface area (Å²) in [4.78, 5) is 33.9. The average Bonchev–Trinajstić information content (AvgIpc) is 3.02. The number of benzene rings is 3. The van der Waals surface area contributed by atoms with E-state index in [0.29, 0.717) is 11.4 Å². The van der Waals surface area contributed by atoms with E-state index in [1.54, 1.807) is 24.5 Å². The normalized spacial score (nSPS) is 12.0. The monoisotopic (exact) mass is 607 g/mol. The van der Waals surface area contributed by atoms with E-state index in [2.05, 4.69) is 43.0 Å². The standard InChI is InChI=1S/C38H45N3O4/c1-5-6-7-8-9-22-45-33-20-18-29(19-21-33)32-25-39-35(40-26-32)30-14-10-27(11-15-30)23-34(37(43)44)41-36(42)31-16-12-28(13-17-31)24-38(2,3)4/h10-21,25-26,34H,5-9,22-24H2,1-4H3,(H,41,42)(H,43,44)/t34-/m0/s1. The first-order valence-corrected chi connectivity index (χ1v) is 15.9. The lowest BCUT2D eigenvalue weighted by Gasteiger charge is -2.18. The summed E-state index contributed by atoms with van der Waals surface area (Å²) >= 11 is 0. The van der Waals surface area contributed by atoms with Gasteiger partial charge in [0.2, 0.25) is 0 Å². The quantitative estimate of drug-likeness (QED) is 0.132. The third-order valence-electron chi connectivity index (χ3n) is 7.56. The second kappa shape index (κ2) is 16.0. The molecule has 4 aromatic rings. The van der Waals surface area contributed by atoms with Gasteiger partial charge in [0.05, 0.1) is 6.61 Å². The van der Waals surface area contributed by atoms with Gasteiger partial charge >= 0.3 is 5.97 Å². The number of hydrogen-bond donors (Lipinski definition) is 2. The number of carboxylic acids is 1. The Balaban J connectivity index is 1.31. The molecule has 7 nitrogen and oxygen atoms in total. The number of ether oxygens (including phenoxy) is 1. The van der Waals surface area contributed by atoms with E-state index in [-0.39, 0.29) is 11.8 Å². The van der Waals surface area contributed by atoms with Crippen LogP contribution >= 0.6 is 0 Å². The minimum absolute atomic E-state index is 0.138. The first-order valence-electron chi connectivity index (χ1n) is 15.9. The molecule has 0 saturated heterocycles. The molecule has 0 aliphatic heterocycles. The van der Waals surface area contributed by atoms with Gasteiger partial charge in [-0.05, 0) is 59.2 Å². The molecule has 236 valence electrons. The number of aromatic nitrogens is 2. The number of carbonyl (C=O) groups excluding carboxylic acids is 1. The maximum absolute atomic E-state index is 12.8. The van der Waals surface area contributed by atoms with Crippen LogP contribution in [0.2, 0.25) is 0 Å². The zero-order valence-electron chi connectivity index (χ0n) is 26.9. The number of amides is 1. The van der Waals surface area contributed by atoms with E-state index in [4.69, 9.17) is 4.74 Å². The number of carboxylic acid groups (broad SMARTS) is 1. The highest BCUT2D eigenvalue weighted by Gasteiger charge is 2.21. The summed E-state index contributed by atoms with van der Waals surface area (Å²) in [5.74, 6) is -0.0550. The lowest BCUT2D eigenvalue weighted by molar-refractivity contribution is -0.139. The van der Waals surface area contributed by atoms with E-state index in [9.17, 15) is 14.7 Å². The fourth-order valence-corrected chi connectivity index (χ4v) is 5.12. The fourth-order valence-electron chi connectivity index (χ4n) is 5.12. The second-order valence-electron chi connectivity index (χ2n) is 12.8. The van der Waals surface area contributed by atoms with Gasteiger partial charge in [0.1, 0.15) is 11.8 Å². The smallest absolute Gasteiger partial charge is 0.326 e. The maximum atomic E-state index is 12.8. The van der Waals surface area contributed by atoms with E-state index in [1.165, 1.54) is 25.7 Å². The number of carbonyl (C=O) groups is 2. The van der Waals surface area contributed by atoms with Crippen molar-refractivity contribution in [3.63, 3.8) is 0 Å². The number of unbranched alkanes of at least 4 members (excludes halogenated alkanes) is 4. The van der Waals surface area contributed by atoms with Gasteiger partial charge < -0.3 is 15.2 Å². The van der Waals surface area contributed by atoms with Crippen molar-refractivity contribution in [1.82, 2.24) is 15.3 Å². The van der Waals surface area contributed by atoms with Crippen LogP contribution in [-0.4, -0.2) is 39.6 Å². The van der Waals surface area contributed by atoms with Crippen molar-refractivity contribution < 1.29 is 19.4 Å². The molecule has 1 heterocycles. The summed E-state index contributed by atoms with van der Waals surface area (Å²) < 4.78 is 5.87. The van der Waals surface area contributed by atoms with Crippen molar-refractivity contribution in [3.8, 4) is 28.3 Å². The van der Waals surface area contributed by atoms with Gasteiger partial charge in [0, 0.05) is 35.5 Å². The van der Waals surface area contributed by atoms with Gasteiger partial charge in [-0.1, -0.05) is 102 Å². The van der Waals surface area contributed by atoms with Gasteiger partial charge in [-0.25, -0.2) is 14.8 Å². The summed E-state index contributed by atoms with van der Waals surface area (Å²) in [6.07, 6.45) is 10.7. The molecule has 1 atom stereocenters. The first-order chi connectivity index (χ1) is 21.6. The van der Waals surface area contributed by atoms with Crippen LogP contribution in [0.3, 0.4) is 0 Å². The minimum atomic E-state index is -1.09. The molecule has 1 aromatic heterocycles. The molecule has 0 spiro atoms. The molecule has 0 fully saturated rings. The van der Waals surface area contributed by atoms with E-state index in [1.807, 2.05) is 60.7 Å². The molecule has 1 amide bonds.